The molecule has 1 saturated carbocycles. The van der Waals surface area contributed by atoms with E-state index in [1.165, 1.54) is 12.8 Å². The van der Waals surface area contributed by atoms with Crippen LogP contribution < -0.4 is 5.32 Å². The van der Waals surface area contributed by atoms with Gasteiger partial charge in [-0.25, -0.2) is 9.97 Å². The molecule has 0 aromatic carbocycles. The largest absolute Gasteiger partial charge is 0.378 e. The van der Waals surface area contributed by atoms with E-state index < -0.39 is 0 Å². The quantitative estimate of drug-likeness (QED) is 0.912. The van der Waals surface area contributed by atoms with Crippen LogP contribution in [-0.2, 0) is 11.2 Å². The third kappa shape index (κ3) is 3.56. The predicted octanol–water partition coefficient (Wildman–Crippen LogP) is 3.47. The Labute approximate surface area is 142 Å². The Hall–Kier alpha value is -2.01. The lowest BCUT2D eigenvalue weighted by Crippen LogP contribution is -2.35. The van der Waals surface area contributed by atoms with Gasteiger partial charge in [0.1, 0.15) is 5.82 Å². The van der Waals surface area contributed by atoms with Crippen molar-refractivity contribution in [3.8, 4) is 11.4 Å². The zero-order valence-corrected chi connectivity index (χ0v) is 14.1. The van der Waals surface area contributed by atoms with Crippen molar-refractivity contribution in [1.82, 2.24) is 15.0 Å². The van der Waals surface area contributed by atoms with Gasteiger partial charge in [0.2, 0.25) is 0 Å². The van der Waals surface area contributed by atoms with E-state index in [9.17, 15) is 0 Å². The molecule has 126 valence electrons. The number of nitrogens with zero attached hydrogens (tertiary/aromatic N) is 3. The number of hydrogen-bond acceptors (Lipinski definition) is 5. The number of nitrogens with one attached hydrogen (secondary N) is 1. The highest BCUT2D eigenvalue weighted by Crippen LogP contribution is 2.38. The van der Waals surface area contributed by atoms with Crippen LogP contribution in [0.3, 0.4) is 0 Å². The normalized spacial score (nSPS) is 23.9. The molecular formula is C19H24N4O. The lowest BCUT2D eigenvalue weighted by molar-refractivity contribution is -0.00223. The molecule has 0 radical (unpaired) electrons. The fraction of sp³-hybridized carbons (Fsp3) is 0.526. The van der Waals surface area contributed by atoms with E-state index in [2.05, 4.69) is 28.3 Å². The van der Waals surface area contributed by atoms with Gasteiger partial charge in [-0.3, -0.25) is 4.98 Å². The van der Waals surface area contributed by atoms with Crippen molar-refractivity contribution in [3.63, 3.8) is 0 Å². The van der Waals surface area contributed by atoms with Gasteiger partial charge in [0, 0.05) is 42.4 Å². The molecule has 0 amide bonds. The molecule has 0 spiro atoms. The monoisotopic (exact) mass is 324 g/mol. The number of pyridine rings is 1. The summed E-state index contributed by atoms with van der Waals surface area (Å²) in [4.78, 5) is 13.5. The van der Waals surface area contributed by atoms with Crippen LogP contribution in [0.1, 0.15) is 38.3 Å². The minimum Gasteiger partial charge on any atom is -0.378 e. The van der Waals surface area contributed by atoms with Gasteiger partial charge < -0.3 is 10.1 Å². The van der Waals surface area contributed by atoms with Gasteiger partial charge >= 0.3 is 0 Å². The second kappa shape index (κ2) is 6.85. The van der Waals surface area contributed by atoms with Crippen LogP contribution in [-0.4, -0.2) is 33.7 Å². The van der Waals surface area contributed by atoms with Crippen molar-refractivity contribution in [3.05, 3.63) is 36.3 Å². The molecule has 3 heterocycles. The second-order valence-electron chi connectivity index (χ2n) is 6.77. The second-order valence-corrected chi connectivity index (χ2v) is 6.77. The van der Waals surface area contributed by atoms with E-state index in [0.29, 0.717) is 12.1 Å². The molecule has 2 atom stereocenters. The van der Waals surface area contributed by atoms with Crippen molar-refractivity contribution >= 4 is 5.82 Å². The van der Waals surface area contributed by atoms with Gasteiger partial charge in [0.15, 0.2) is 5.82 Å². The Morgan fingerprint density at radius 2 is 2.00 bits per heavy atom. The maximum Gasteiger partial charge on any atom is 0.161 e. The smallest absolute Gasteiger partial charge is 0.161 e. The Kier molecular flexibility index (Phi) is 4.43. The first kappa shape index (κ1) is 15.5. The van der Waals surface area contributed by atoms with Crippen LogP contribution in [0, 0.1) is 5.92 Å². The summed E-state index contributed by atoms with van der Waals surface area (Å²) in [5, 5.41) is 3.63. The zero-order chi connectivity index (χ0) is 16.4. The SMILES string of the molecule is CCc1cc(NC2CCOC(C3CC3)C2)nc(-c2ccncc2)n1. The average Bonchev–Trinajstić information content (AvgIpc) is 3.47. The van der Waals surface area contributed by atoms with Crippen molar-refractivity contribution < 1.29 is 4.74 Å². The fourth-order valence-corrected chi connectivity index (χ4v) is 3.35. The maximum atomic E-state index is 5.93. The van der Waals surface area contributed by atoms with Gasteiger partial charge in [0.25, 0.3) is 0 Å². The minimum atomic E-state index is 0.434. The first-order valence-electron chi connectivity index (χ1n) is 8.98. The van der Waals surface area contributed by atoms with E-state index in [-0.39, 0.29) is 0 Å². The molecule has 2 aliphatic rings. The van der Waals surface area contributed by atoms with Crippen LogP contribution in [0.25, 0.3) is 11.4 Å². The van der Waals surface area contributed by atoms with E-state index in [1.807, 2.05) is 12.1 Å². The van der Waals surface area contributed by atoms with Crippen LogP contribution >= 0.6 is 0 Å². The molecule has 2 unspecified atom stereocenters. The molecule has 1 aliphatic heterocycles. The van der Waals surface area contributed by atoms with Gasteiger partial charge in [0.05, 0.1) is 6.10 Å². The van der Waals surface area contributed by atoms with Crippen molar-refractivity contribution in [1.29, 1.82) is 0 Å². The van der Waals surface area contributed by atoms with E-state index in [1.54, 1.807) is 12.4 Å². The molecule has 24 heavy (non-hydrogen) atoms. The van der Waals surface area contributed by atoms with Crippen LogP contribution in [0.15, 0.2) is 30.6 Å². The summed E-state index contributed by atoms with van der Waals surface area (Å²) < 4.78 is 5.93. The first-order valence-corrected chi connectivity index (χ1v) is 8.98. The standard InChI is InChI=1S/C19H24N4O/c1-2-15-12-18(23-19(22-15)14-5-8-20-9-6-14)21-16-7-10-24-17(11-16)13-3-4-13/h5-6,8-9,12-13,16-17H,2-4,7,10-11H2,1H3,(H,21,22,23). The molecule has 4 rings (SSSR count). The molecule has 0 bridgehead atoms. The number of ether oxygens (including phenoxy) is 1. The van der Waals surface area contributed by atoms with Crippen LogP contribution in [0.2, 0.25) is 0 Å². The Bertz CT molecular complexity index is 687. The minimum absolute atomic E-state index is 0.434. The Balaban J connectivity index is 1.53. The van der Waals surface area contributed by atoms with Crippen molar-refractivity contribution in [2.75, 3.05) is 11.9 Å². The molecule has 2 fully saturated rings. The van der Waals surface area contributed by atoms with Gasteiger partial charge in [-0.2, -0.15) is 0 Å². The summed E-state index contributed by atoms with van der Waals surface area (Å²) in [6.07, 6.45) is 9.68. The Morgan fingerprint density at radius 3 is 2.75 bits per heavy atom. The summed E-state index contributed by atoms with van der Waals surface area (Å²) in [6.45, 7) is 2.97. The zero-order valence-electron chi connectivity index (χ0n) is 14.1. The number of anilines is 1. The van der Waals surface area contributed by atoms with Crippen LogP contribution in [0.5, 0.6) is 0 Å². The first-order chi connectivity index (χ1) is 11.8. The summed E-state index contributed by atoms with van der Waals surface area (Å²) in [6, 6.07) is 6.42. The Morgan fingerprint density at radius 1 is 1.17 bits per heavy atom. The van der Waals surface area contributed by atoms with Crippen LogP contribution in [0.4, 0.5) is 5.82 Å². The molecule has 1 aliphatic carbocycles. The molecule has 2 aromatic rings. The molecule has 5 heteroatoms. The summed E-state index contributed by atoms with van der Waals surface area (Å²) in [5.41, 5.74) is 2.07. The fourth-order valence-electron chi connectivity index (χ4n) is 3.35. The molecule has 2 aromatic heterocycles. The maximum absolute atomic E-state index is 5.93. The predicted molar refractivity (Wildman–Crippen MR) is 93.7 cm³/mol. The van der Waals surface area contributed by atoms with Crippen molar-refractivity contribution in [2.45, 2.75) is 51.2 Å². The lowest BCUT2D eigenvalue weighted by Gasteiger charge is -2.30. The third-order valence-electron chi connectivity index (χ3n) is 4.89. The summed E-state index contributed by atoms with van der Waals surface area (Å²) >= 11 is 0. The van der Waals surface area contributed by atoms with Gasteiger partial charge in [-0.15, -0.1) is 0 Å². The highest BCUT2D eigenvalue weighted by Gasteiger charge is 2.35. The number of rotatable bonds is 5. The topological polar surface area (TPSA) is 59.9 Å². The lowest BCUT2D eigenvalue weighted by atomic mass is 10.00. The van der Waals surface area contributed by atoms with E-state index in [4.69, 9.17) is 9.72 Å². The number of hydrogen-bond donors (Lipinski definition) is 1. The molecule has 5 nitrogen and oxygen atoms in total. The van der Waals surface area contributed by atoms with Crippen molar-refractivity contribution in [2.24, 2.45) is 5.92 Å². The highest BCUT2D eigenvalue weighted by molar-refractivity contribution is 5.57. The average molecular weight is 324 g/mol. The van der Waals surface area contributed by atoms with Gasteiger partial charge in [-0.05, 0) is 50.2 Å². The van der Waals surface area contributed by atoms with E-state index >= 15 is 0 Å². The third-order valence-corrected chi connectivity index (χ3v) is 4.89. The highest BCUT2D eigenvalue weighted by atomic mass is 16.5. The summed E-state index contributed by atoms with van der Waals surface area (Å²) in [7, 11) is 0. The molecule has 1 N–H and O–H groups in total. The summed E-state index contributed by atoms with van der Waals surface area (Å²) in [5.74, 6) is 2.48. The van der Waals surface area contributed by atoms with E-state index in [0.717, 1.165) is 54.7 Å². The molecular weight excluding hydrogens is 300 g/mol. The molecule has 1 saturated heterocycles. The number of aryl methyl sites for hydroxylation is 1. The van der Waals surface area contributed by atoms with Gasteiger partial charge in [-0.1, -0.05) is 6.92 Å². The number of aromatic nitrogens is 3.